The van der Waals surface area contributed by atoms with Crippen LogP contribution in [0.15, 0.2) is 42.0 Å². The smallest absolute Gasteiger partial charge is 0.350 e. The van der Waals surface area contributed by atoms with Crippen LogP contribution in [0.3, 0.4) is 0 Å². The van der Waals surface area contributed by atoms with E-state index < -0.39 is 5.97 Å². The molecule has 0 radical (unpaired) electrons. The van der Waals surface area contributed by atoms with E-state index in [1.807, 2.05) is 0 Å². The first kappa shape index (κ1) is 15.8. The summed E-state index contributed by atoms with van der Waals surface area (Å²) in [6, 6.07) is 6.27. The molecule has 114 valence electrons. The number of anilines is 1. The fourth-order valence-electron chi connectivity index (χ4n) is 1.57. The predicted octanol–water partition coefficient (Wildman–Crippen LogP) is 3.38. The molecule has 0 fully saturated rings. The van der Waals surface area contributed by atoms with Crippen LogP contribution < -0.4 is 5.43 Å². The van der Waals surface area contributed by atoms with Gasteiger partial charge < -0.3 is 4.74 Å². The van der Waals surface area contributed by atoms with Crippen molar-refractivity contribution in [2.24, 2.45) is 5.10 Å². The van der Waals surface area contributed by atoms with Crippen molar-refractivity contribution in [1.82, 2.24) is 4.98 Å². The van der Waals surface area contributed by atoms with Crippen molar-refractivity contribution in [1.29, 1.82) is 0 Å². The van der Waals surface area contributed by atoms with Crippen molar-refractivity contribution < 1.29 is 13.9 Å². The molecule has 0 saturated heterocycles. The maximum atomic E-state index is 13.4. The van der Waals surface area contributed by atoms with Crippen LogP contribution in [0.4, 0.5) is 9.52 Å². The summed E-state index contributed by atoms with van der Waals surface area (Å²) in [4.78, 5) is 16.3. The van der Waals surface area contributed by atoms with Crippen molar-refractivity contribution in [3.05, 3.63) is 58.9 Å². The van der Waals surface area contributed by atoms with Gasteiger partial charge in [0.25, 0.3) is 0 Å². The molecule has 2 aromatic rings. The van der Waals surface area contributed by atoms with Crippen molar-refractivity contribution in [3.8, 4) is 0 Å². The number of halogens is 1. The third-order valence-electron chi connectivity index (χ3n) is 2.58. The van der Waals surface area contributed by atoms with E-state index in [2.05, 4.69) is 22.1 Å². The maximum Gasteiger partial charge on any atom is 0.350 e. The van der Waals surface area contributed by atoms with Crippen LogP contribution in [0.25, 0.3) is 0 Å². The first-order valence-electron chi connectivity index (χ1n) is 6.41. The number of hydrogen-bond donors (Lipinski definition) is 1. The van der Waals surface area contributed by atoms with Crippen LogP contribution >= 0.6 is 11.3 Å². The number of aryl methyl sites for hydroxylation is 1. The molecule has 0 saturated carbocycles. The second kappa shape index (κ2) is 7.46. The molecule has 0 atom stereocenters. The number of thiazole rings is 1. The molecule has 1 N–H and O–H groups in total. The molecule has 0 spiro atoms. The summed E-state index contributed by atoms with van der Waals surface area (Å²) in [5.74, 6) is -0.821. The Bertz CT molecular complexity index is 713. The number of hydrogen-bond acceptors (Lipinski definition) is 6. The van der Waals surface area contributed by atoms with Gasteiger partial charge in [0.15, 0.2) is 0 Å². The first-order valence-corrected chi connectivity index (χ1v) is 7.22. The average molecular weight is 319 g/mol. The van der Waals surface area contributed by atoms with Crippen LogP contribution in [0.2, 0.25) is 0 Å². The summed E-state index contributed by atoms with van der Waals surface area (Å²) in [5, 5.41) is 4.34. The van der Waals surface area contributed by atoms with Gasteiger partial charge in [0.2, 0.25) is 5.13 Å². The monoisotopic (exact) mass is 319 g/mol. The highest BCUT2D eigenvalue weighted by atomic mass is 32.1. The summed E-state index contributed by atoms with van der Waals surface area (Å²) in [7, 11) is 0. The van der Waals surface area contributed by atoms with Gasteiger partial charge in [0.05, 0.1) is 11.9 Å². The summed E-state index contributed by atoms with van der Waals surface area (Å²) >= 11 is 1.12. The minimum Gasteiger partial charge on any atom is -0.457 e. The Labute approximate surface area is 131 Å². The molecule has 2 rings (SSSR count). The molecule has 0 aliphatic carbocycles. The highest BCUT2D eigenvalue weighted by Gasteiger charge is 2.16. The van der Waals surface area contributed by atoms with E-state index >= 15 is 0 Å². The maximum absolute atomic E-state index is 13.4. The Morgan fingerprint density at radius 1 is 1.55 bits per heavy atom. The number of ether oxygens (including phenoxy) is 1. The lowest BCUT2D eigenvalue weighted by molar-refractivity contribution is 0.0554. The van der Waals surface area contributed by atoms with Crippen LogP contribution in [0.5, 0.6) is 0 Å². The predicted molar refractivity (Wildman–Crippen MR) is 84.9 cm³/mol. The molecule has 1 heterocycles. The average Bonchev–Trinajstić information content (AvgIpc) is 2.88. The van der Waals surface area contributed by atoms with Crippen molar-refractivity contribution >= 4 is 28.7 Å². The van der Waals surface area contributed by atoms with Crippen LogP contribution in [-0.2, 0) is 4.74 Å². The van der Waals surface area contributed by atoms with Crippen LogP contribution in [0.1, 0.15) is 20.9 Å². The minimum atomic E-state index is -0.457. The van der Waals surface area contributed by atoms with Gasteiger partial charge >= 0.3 is 5.97 Å². The Morgan fingerprint density at radius 2 is 2.32 bits per heavy atom. The third kappa shape index (κ3) is 3.98. The second-order valence-electron chi connectivity index (χ2n) is 4.21. The number of rotatable bonds is 6. The summed E-state index contributed by atoms with van der Waals surface area (Å²) < 4.78 is 18.4. The van der Waals surface area contributed by atoms with Crippen molar-refractivity contribution in [2.45, 2.75) is 6.92 Å². The normalized spacial score (nSPS) is 10.6. The molecule has 1 aromatic heterocycles. The fraction of sp³-hybridized carbons (Fsp3) is 0.133. The zero-order chi connectivity index (χ0) is 15.9. The fourth-order valence-corrected chi connectivity index (χ4v) is 2.38. The Kier molecular flexibility index (Phi) is 5.37. The highest BCUT2D eigenvalue weighted by molar-refractivity contribution is 7.17. The largest absolute Gasteiger partial charge is 0.457 e. The van der Waals surface area contributed by atoms with Gasteiger partial charge in [-0.15, -0.1) is 0 Å². The zero-order valence-electron chi connectivity index (χ0n) is 11.9. The quantitative estimate of drug-likeness (QED) is 0.384. The van der Waals surface area contributed by atoms with E-state index in [1.165, 1.54) is 18.4 Å². The van der Waals surface area contributed by atoms with E-state index in [0.717, 1.165) is 11.3 Å². The van der Waals surface area contributed by atoms with Gasteiger partial charge in [-0.2, -0.15) is 5.10 Å². The minimum absolute atomic E-state index is 0.143. The number of nitrogens with one attached hydrogen (secondary N) is 1. The second-order valence-corrected chi connectivity index (χ2v) is 5.21. The third-order valence-corrected chi connectivity index (χ3v) is 3.63. The lowest BCUT2D eigenvalue weighted by Gasteiger charge is -1.98. The van der Waals surface area contributed by atoms with E-state index in [-0.39, 0.29) is 12.4 Å². The number of benzene rings is 1. The molecule has 0 bridgehead atoms. The molecule has 22 heavy (non-hydrogen) atoms. The molecule has 1 aromatic carbocycles. The zero-order valence-corrected chi connectivity index (χ0v) is 12.7. The van der Waals surface area contributed by atoms with Crippen LogP contribution in [0, 0.1) is 12.7 Å². The number of carbonyl (C=O) groups is 1. The summed E-state index contributed by atoms with van der Waals surface area (Å²) in [6.45, 7) is 5.32. The van der Waals surface area contributed by atoms with E-state index in [1.54, 1.807) is 25.1 Å². The van der Waals surface area contributed by atoms with Gasteiger partial charge in [-0.1, -0.05) is 42.2 Å². The number of nitrogens with zero attached hydrogens (tertiary/aromatic N) is 2. The van der Waals surface area contributed by atoms with E-state index in [9.17, 15) is 9.18 Å². The number of esters is 1. The number of aromatic nitrogens is 1. The van der Waals surface area contributed by atoms with Gasteiger partial charge in [0.1, 0.15) is 17.3 Å². The van der Waals surface area contributed by atoms with Crippen LogP contribution in [-0.4, -0.2) is 23.8 Å². The number of hydrazone groups is 1. The Morgan fingerprint density at radius 3 is 3.05 bits per heavy atom. The lowest BCUT2D eigenvalue weighted by atomic mass is 10.2. The van der Waals surface area contributed by atoms with Crippen molar-refractivity contribution in [2.75, 3.05) is 12.0 Å². The van der Waals surface area contributed by atoms with Gasteiger partial charge in [-0.05, 0) is 13.0 Å². The van der Waals surface area contributed by atoms with E-state index in [4.69, 9.17) is 4.74 Å². The topological polar surface area (TPSA) is 63.6 Å². The molecular formula is C15H14FN3O2S. The van der Waals surface area contributed by atoms with E-state index in [0.29, 0.717) is 21.3 Å². The van der Waals surface area contributed by atoms with Gasteiger partial charge in [-0.3, -0.25) is 5.43 Å². The summed E-state index contributed by atoms with van der Waals surface area (Å²) in [5.41, 5.74) is 3.57. The molecule has 7 heteroatoms. The summed E-state index contributed by atoms with van der Waals surface area (Å²) in [6.07, 6.45) is 2.84. The standard InChI is InChI=1S/C15H14FN3O2S/c1-3-8-21-14(20)13-10(2)18-15(22-13)19-17-9-11-6-4-5-7-12(11)16/h3-7,9H,1,8H2,2H3,(H,18,19)/b17-9+. The molecular weight excluding hydrogens is 305 g/mol. The molecule has 0 unspecified atom stereocenters. The first-order chi connectivity index (χ1) is 10.6. The lowest BCUT2D eigenvalue weighted by Crippen LogP contribution is -2.04. The molecule has 0 amide bonds. The SMILES string of the molecule is C=CCOC(=O)c1sc(N/N=C/c2ccccc2F)nc1C. The number of carbonyl (C=O) groups excluding carboxylic acids is 1. The van der Waals surface area contributed by atoms with Crippen molar-refractivity contribution in [3.63, 3.8) is 0 Å². The van der Waals surface area contributed by atoms with Gasteiger partial charge in [-0.25, -0.2) is 14.2 Å². The Hall–Kier alpha value is -2.54. The molecule has 0 aliphatic rings. The highest BCUT2D eigenvalue weighted by Crippen LogP contribution is 2.23. The van der Waals surface area contributed by atoms with Gasteiger partial charge in [0, 0.05) is 5.56 Å². The Balaban J connectivity index is 2.04. The molecule has 0 aliphatic heterocycles. The molecule has 5 nitrogen and oxygen atoms in total.